The van der Waals surface area contributed by atoms with Crippen LogP contribution in [0.2, 0.25) is 0 Å². The van der Waals surface area contributed by atoms with E-state index >= 15 is 0 Å². The first-order valence-electron chi connectivity index (χ1n) is 7.61. The molecule has 1 saturated carbocycles. The largest absolute Gasteiger partial charge is 0.310 e. The van der Waals surface area contributed by atoms with E-state index in [2.05, 4.69) is 43.4 Å². The van der Waals surface area contributed by atoms with Gasteiger partial charge in [-0.2, -0.15) is 0 Å². The summed E-state index contributed by atoms with van der Waals surface area (Å²) < 4.78 is 0. The molecular formula is C17H27N. The molecule has 0 heterocycles. The van der Waals surface area contributed by atoms with Crippen molar-refractivity contribution in [2.75, 3.05) is 6.54 Å². The fourth-order valence-corrected chi connectivity index (χ4v) is 3.28. The molecule has 1 unspecified atom stereocenters. The van der Waals surface area contributed by atoms with Crippen LogP contribution in [0.3, 0.4) is 0 Å². The Bertz CT molecular complexity index is 350. The molecule has 18 heavy (non-hydrogen) atoms. The van der Waals surface area contributed by atoms with Crippen LogP contribution in [0, 0.1) is 12.8 Å². The zero-order valence-corrected chi connectivity index (χ0v) is 11.9. The minimum absolute atomic E-state index is 0.563. The van der Waals surface area contributed by atoms with E-state index in [0.717, 1.165) is 12.5 Å². The molecule has 1 atom stereocenters. The second kappa shape index (κ2) is 6.94. The Morgan fingerprint density at radius 3 is 2.50 bits per heavy atom. The second-order valence-corrected chi connectivity index (χ2v) is 5.70. The van der Waals surface area contributed by atoms with Gasteiger partial charge in [-0.05, 0) is 37.8 Å². The van der Waals surface area contributed by atoms with Gasteiger partial charge in [0.2, 0.25) is 0 Å². The van der Waals surface area contributed by atoms with Crippen LogP contribution in [0.4, 0.5) is 0 Å². The minimum atomic E-state index is 0.563. The molecule has 0 saturated heterocycles. The Kier molecular flexibility index (Phi) is 5.25. The predicted octanol–water partition coefficient (Wildman–Crippen LogP) is 4.62. The minimum Gasteiger partial charge on any atom is -0.310 e. The van der Waals surface area contributed by atoms with Crippen molar-refractivity contribution < 1.29 is 0 Å². The van der Waals surface area contributed by atoms with Crippen LogP contribution < -0.4 is 5.32 Å². The maximum Gasteiger partial charge on any atom is 0.0348 e. The van der Waals surface area contributed by atoms with Crippen molar-refractivity contribution in [2.24, 2.45) is 5.92 Å². The van der Waals surface area contributed by atoms with E-state index in [1.807, 2.05) is 0 Å². The van der Waals surface area contributed by atoms with Crippen LogP contribution in [-0.4, -0.2) is 6.54 Å². The fraction of sp³-hybridized carbons (Fsp3) is 0.647. The van der Waals surface area contributed by atoms with Crippen molar-refractivity contribution >= 4 is 0 Å². The van der Waals surface area contributed by atoms with Crippen molar-refractivity contribution in [3.8, 4) is 0 Å². The summed E-state index contributed by atoms with van der Waals surface area (Å²) in [6.45, 7) is 5.48. The summed E-state index contributed by atoms with van der Waals surface area (Å²) in [4.78, 5) is 0. The smallest absolute Gasteiger partial charge is 0.0348 e. The van der Waals surface area contributed by atoms with Gasteiger partial charge in [0.05, 0.1) is 0 Å². The van der Waals surface area contributed by atoms with Crippen LogP contribution in [0.25, 0.3) is 0 Å². The Hall–Kier alpha value is -0.820. The van der Waals surface area contributed by atoms with E-state index in [0.29, 0.717) is 6.04 Å². The molecule has 1 heteroatoms. The molecule has 0 aliphatic heterocycles. The van der Waals surface area contributed by atoms with Crippen LogP contribution in [-0.2, 0) is 0 Å². The Morgan fingerprint density at radius 1 is 1.17 bits per heavy atom. The van der Waals surface area contributed by atoms with Crippen molar-refractivity contribution in [2.45, 2.75) is 58.4 Å². The predicted molar refractivity (Wildman–Crippen MR) is 78.8 cm³/mol. The maximum atomic E-state index is 3.72. The van der Waals surface area contributed by atoms with E-state index < -0.39 is 0 Å². The summed E-state index contributed by atoms with van der Waals surface area (Å²) in [5.74, 6) is 0.828. The van der Waals surface area contributed by atoms with Crippen molar-refractivity contribution in [1.29, 1.82) is 0 Å². The van der Waals surface area contributed by atoms with E-state index in [1.165, 1.54) is 49.7 Å². The van der Waals surface area contributed by atoms with E-state index in [1.54, 1.807) is 0 Å². The van der Waals surface area contributed by atoms with Crippen molar-refractivity contribution in [1.82, 2.24) is 5.32 Å². The molecule has 1 aliphatic rings. The number of benzene rings is 1. The molecule has 1 N–H and O–H groups in total. The third-order valence-corrected chi connectivity index (χ3v) is 4.20. The molecule has 2 rings (SSSR count). The maximum absolute atomic E-state index is 3.72. The molecule has 0 aromatic heterocycles. The van der Waals surface area contributed by atoms with Gasteiger partial charge in [-0.3, -0.25) is 0 Å². The normalized spacial score (nSPS) is 19.4. The van der Waals surface area contributed by atoms with Gasteiger partial charge in [0.1, 0.15) is 0 Å². The molecule has 0 bridgehead atoms. The third kappa shape index (κ3) is 3.58. The summed E-state index contributed by atoms with van der Waals surface area (Å²) in [5, 5.41) is 3.72. The summed E-state index contributed by atoms with van der Waals surface area (Å²) >= 11 is 0. The summed E-state index contributed by atoms with van der Waals surface area (Å²) in [6.07, 6.45) is 8.49. The number of hydrogen-bond acceptors (Lipinski definition) is 1. The van der Waals surface area contributed by atoms with Crippen molar-refractivity contribution in [3.63, 3.8) is 0 Å². The fourth-order valence-electron chi connectivity index (χ4n) is 3.28. The third-order valence-electron chi connectivity index (χ3n) is 4.20. The first kappa shape index (κ1) is 13.6. The first-order valence-corrected chi connectivity index (χ1v) is 7.61. The Labute approximate surface area is 112 Å². The van der Waals surface area contributed by atoms with Gasteiger partial charge in [-0.15, -0.1) is 0 Å². The molecule has 1 nitrogen and oxygen atoms in total. The standard InChI is InChI=1S/C17H27N/c1-3-18-17(15-10-6-4-5-7-11-15)16-12-8-9-14(2)13-16/h8-9,12-13,15,17-18H,3-7,10-11H2,1-2H3. The molecule has 0 spiro atoms. The van der Waals surface area contributed by atoms with Gasteiger partial charge in [0.25, 0.3) is 0 Å². The van der Waals surface area contributed by atoms with Gasteiger partial charge >= 0.3 is 0 Å². The van der Waals surface area contributed by atoms with Crippen molar-refractivity contribution in [3.05, 3.63) is 35.4 Å². The number of aryl methyl sites for hydroxylation is 1. The highest BCUT2D eigenvalue weighted by atomic mass is 14.9. The first-order chi connectivity index (χ1) is 8.81. The highest BCUT2D eigenvalue weighted by Gasteiger charge is 2.23. The van der Waals surface area contributed by atoms with Gasteiger partial charge in [0.15, 0.2) is 0 Å². The average molecular weight is 245 g/mol. The quantitative estimate of drug-likeness (QED) is 0.763. The average Bonchev–Trinajstić information content (AvgIpc) is 2.64. The molecule has 1 fully saturated rings. The molecule has 0 amide bonds. The van der Waals surface area contributed by atoms with Crippen LogP contribution in [0.15, 0.2) is 24.3 Å². The van der Waals surface area contributed by atoms with Gasteiger partial charge < -0.3 is 5.32 Å². The zero-order chi connectivity index (χ0) is 12.8. The Balaban J connectivity index is 2.15. The molecule has 0 radical (unpaired) electrons. The second-order valence-electron chi connectivity index (χ2n) is 5.70. The number of nitrogens with one attached hydrogen (secondary N) is 1. The SMILES string of the molecule is CCNC(c1cccc(C)c1)C1CCCCCC1. The van der Waals surface area contributed by atoms with E-state index in [9.17, 15) is 0 Å². The van der Waals surface area contributed by atoms with Crippen LogP contribution in [0.5, 0.6) is 0 Å². The van der Waals surface area contributed by atoms with Gasteiger partial charge in [-0.1, -0.05) is 62.4 Å². The lowest BCUT2D eigenvalue weighted by molar-refractivity contribution is 0.330. The van der Waals surface area contributed by atoms with E-state index in [4.69, 9.17) is 0 Å². The summed E-state index contributed by atoms with van der Waals surface area (Å²) in [7, 11) is 0. The molecular weight excluding hydrogens is 218 g/mol. The highest BCUT2D eigenvalue weighted by molar-refractivity contribution is 5.25. The highest BCUT2D eigenvalue weighted by Crippen LogP contribution is 2.33. The molecule has 1 aliphatic carbocycles. The summed E-state index contributed by atoms with van der Waals surface area (Å²) in [5.41, 5.74) is 2.87. The lowest BCUT2D eigenvalue weighted by Gasteiger charge is -2.27. The van der Waals surface area contributed by atoms with Crippen LogP contribution >= 0.6 is 0 Å². The zero-order valence-electron chi connectivity index (χ0n) is 11.9. The Morgan fingerprint density at radius 2 is 1.89 bits per heavy atom. The van der Waals surface area contributed by atoms with Gasteiger partial charge in [0, 0.05) is 6.04 Å². The molecule has 1 aromatic rings. The lowest BCUT2D eigenvalue weighted by atomic mass is 9.86. The topological polar surface area (TPSA) is 12.0 Å². The lowest BCUT2D eigenvalue weighted by Crippen LogP contribution is -2.28. The summed E-state index contributed by atoms with van der Waals surface area (Å²) in [6, 6.07) is 9.61. The molecule has 100 valence electrons. The number of rotatable bonds is 4. The van der Waals surface area contributed by atoms with Crippen LogP contribution in [0.1, 0.15) is 62.6 Å². The number of hydrogen-bond donors (Lipinski definition) is 1. The van der Waals surface area contributed by atoms with Gasteiger partial charge in [-0.25, -0.2) is 0 Å². The monoisotopic (exact) mass is 245 g/mol. The molecule has 1 aromatic carbocycles. The van der Waals surface area contributed by atoms with E-state index in [-0.39, 0.29) is 0 Å².